The zero-order chi connectivity index (χ0) is 15.7. The fraction of sp³-hybridized carbons (Fsp3) is 1.00. The van der Waals surface area contributed by atoms with E-state index in [0.29, 0.717) is 0 Å². The Morgan fingerprint density at radius 3 is 0.947 bits per heavy atom. The van der Waals surface area contributed by atoms with Crippen LogP contribution < -0.4 is 0 Å². The van der Waals surface area contributed by atoms with Crippen LogP contribution in [0.2, 0.25) is 0 Å². The largest absolute Gasteiger partial charge is 0.396 e. The molecule has 0 saturated carbocycles. The Bertz CT molecular complexity index is 373. The zero-order valence-electron chi connectivity index (χ0n) is 9.28. The first kappa shape index (κ1) is 21.7. The number of aliphatic hydroxyl groups is 4. The van der Waals surface area contributed by atoms with Gasteiger partial charge in [0.15, 0.2) is 0 Å². The lowest BCUT2D eigenvalue weighted by molar-refractivity contribution is -0.0328. The fourth-order valence-electron chi connectivity index (χ4n) is 0.370. The number of rotatable bonds is 7. The Morgan fingerprint density at radius 1 is 0.684 bits per heavy atom. The summed E-state index contributed by atoms with van der Waals surface area (Å²) in [5.74, 6) is 0. The second-order valence-corrected chi connectivity index (χ2v) is 10.9. The molecule has 0 fully saturated rings. The van der Waals surface area contributed by atoms with Crippen molar-refractivity contribution in [3.05, 3.63) is 0 Å². The highest BCUT2D eigenvalue weighted by Gasteiger charge is 2.26. The van der Waals surface area contributed by atoms with Crippen LogP contribution in [0.4, 0.5) is 0 Å². The molecule has 0 aliphatic rings. The lowest BCUT2D eigenvalue weighted by atomic mass is 9.93. The van der Waals surface area contributed by atoms with Crippen LogP contribution in [-0.2, 0) is 18.3 Å². The molecule has 118 valence electrons. The summed E-state index contributed by atoms with van der Waals surface area (Å²) in [5, 5.41) is 34.0. The maximum atomic E-state index is 9.80. The van der Waals surface area contributed by atoms with Crippen molar-refractivity contribution < 1.29 is 46.4 Å². The van der Waals surface area contributed by atoms with Gasteiger partial charge in [-0.2, -0.15) is 16.8 Å². The van der Waals surface area contributed by atoms with Crippen LogP contribution in [0.25, 0.3) is 0 Å². The van der Waals surface area contributed by atoms with Gasteiger partial charge in [0.05, 0.1) is 51.5 Å². The minimum Gasteiger partial charge on any atom is -0.396 e. The van der Waals surface area contributed by atoms with Gasteiger partial charge >= 0.3 is 18.3 Å². The molecule has 0 aliphatic carbocycles. The van der Waals surface area contributed by atoms with E-state index in [0.717, 1.165) is 0 Å². The van der Waals surface area contributed by atoms with Gasteiger partial charge in [-0.1, -0.05) is 0 Å². The van der Waals surface area contributed by atoms with Crippen LogP contribution in [0.15, 0.2) is 0 Å². The normalized spacial score (nSPS) is 12.7. The molecule has 0 aromatic heterocycles. The molecule has 0 aliphatic heterocycles. The van der Waals surface area contributed by atoms with E-state index < -0.39 is 50.1 Å². The lowest BCUT2D eigenvalue weighted by Crippen LogP contribution is -2.37. The standard InChI is InChI=1S/C5H12O4.H2O6S4/c6-1-5(2-7,3-8)4-9;1-9(2,3)7-8-10(4,5)6/h6-9H,1-4H2;(H,1,2,3)(H,4,5,6). The predicted octanol–water partition coefficient (Wildman–Crippen LogP) is -2.08. The number of hydrogen-bond acceptors (Lipinski definition) is 10. The molecule has 0 radical (unpaired) electrons. The maximum Gasteiger partial charge on any atom is 0.330 e. The highest BCUT2D eigenvalue weighted by atomic mass is 33.7. The summed E-state index contributed by atoms with van der Waals surface area (Å²) >= 11 is 0. The molecule has 0 aromatic carbocycles. The first-order chi connectivity index (χ1) is 8.45. The predicted molar refractivity (Wildman–Crippen MR) is 69.1 cm³/mol. The molecule has 0 rings (SSSR count). The van der Waals surface area contributed by atoms with Crippen molar-refractivity contribution in [1.29, 1.82) is 0 Å². The Hall–Kier alpha value is 0.360. The van der Waals surface area contributed by atoms with Gasteiger partial charge in [-0.05, 0) is 0 Å². The first-order valence-corrected chi connectivity index (χ1v) is 10.3. The molecule has 0 unspecified atom stereocenters. The molecule has 0 saturated heterocycles. The van der Waals surface area contributed by atoms with E-state index in [-0.39, 0.29) is 19.7 Å². The molecule has 0 spiro atoms. The molecule has 14 heteroatoms. The third kappa shape index (κ3) is 13.1. The van der Waals surface area contributed by atoms with Crippen molar-refractivity contribution in [3.8, 4) is 0 Å². The molecule has 10 nitrogen and oxygen atoms in total. The van der Waals surface area contributed by atoms with Gasteiger partial charge in [-0.25, -0.2) is 0 Å². The molecular formula is C5H14O10S4. The Morgan fingerprint density at radius 2 is 0.895 bits per heavy atom. The van der Waals surface area contributed by atoms with E-state index in [1.165, 1.54) is 0 Å². The van der Waals surface area contributed by atoms with Gasteiger partial charge in [0.1, 0.15) is 0 Å². The minimum absolute atomic E-state index is 0.353. The van der Waals surface area contributed by atoms with E-state index in [9.17, 15) is 16.8 Å². The van der Waals surface area contributed by atoms with Gasteiger partial charge in [0, 0.05) is 0 Å². The van der Waals surface area contributed by atoms with Crippen LogP contribution in [0.1, 0.15) is 0 Å². The number of hydrogen-bond donors (Lipinski definition) is 6. The fourth-order valence-corrected chi connectivity index (χ4v) is 5.99. The minimum atomic E-state index is -4.42. The third-order valence-corrected chi connectivity index (χ3v) is 8.23. The van der Waals surface area contributed by atoms with Crippen molar-refractivity contribution in [2.24, 2.45) is 5.41 Å². The van der Waals surface area contributed by atoms with Gasteiger partial charge < -0.3 is 20.4 Å². The summed E-state index contributed by atoms with van der Waals surface area (Å²) in [5.41, 5.74) is -1.11. The Balaban J connectivity index is 0. The van der Waals surface area contributed by atoms with E-state index >= 15 is 0 Å². The Kier molecular flexibility index (Phi) is 10.6. The molecule has 0 amide bonds. The average Bonchev–Trinajstić information content (AvgIpc) is 2.30. The van der Waals surface area contributed by atoms with Gasteiger partial charge in [0.2, 0.25) is 0 Å². The van der Waals surface area contributed by atoms with Crippen LogP contribution in [0, 0.1) is 5.41 Å². The molecule has 0 heterocycles. The van der Waals surface area contributed by atoms with Gasteiger partial charge in [-0.3, -0.25) is 9.11 Å². The van der Waals surface area contributed by atoms with Crippen molar-refractivity contribution in [2.75, 3.05) is 26.4 Å². The summed E-state index contributed by atoms with van der Waals surface area (Å²) < 4.78 is 55.0. The van der Waals surface area contributed by atoms with E-state index in [1.807, 2.05) is 0 Å². The third-order valence-electron chi connectivity index (χ3n) is 1.54. The van der Waals surface area contributed by atoms with Crippen molar-refractivity contribution >= 4 is 38.0 Å². The quantitative estimate of drug-likeness (QED) is 0.214. The summed E-state index contributed by atoms with van der Waals surface area (Å²) in [6.45, 7) is -1.62. The van der Waals surface area contributed by atoms with E-state index in [1.54, 1.807) is 0 Å². The smallest absolute Gasteiger partial charge is 0.330 e. The Labute approximate surface area is 116 Å². The van der Waals surface area contributed by atoms with E-state index in [4.69, 9.17) is 29.5 Å². The molecular weight excluding hydrogens is 348 g/mol. The molecule has 19 heavy (non-hydrogen) atoms. The van der Waals surface area contributed by atoms with Crippen molar-refractivity contribution in [3.63, 3.8) is 0 Å². The van der Waals surface area contributed by atoms with Crippen LogP contribution >= 0.6 is 19.7 Å². The zero-order valence-corrected chi connectivity index (χ0v) is 12.5. The lowest BCUT2D eigenvalue weighted by Gasteiger charge is -2.23. The first-order valence-electron chi connectivity index (χ1n) is 4.21. The molecule has 0 bridgehead atoms. The van der Waals surface area contributed by atoms with Crippen LogP contribution in [0.5, 0.6) is 0 Å². The van der Waals surface area contributed by atoms with Crippen molar-refractivity contribution in [2.45, 2.75) is 0 Å². The van der Waals surface area contributed by atoms with Crippen molar-refractivity contribution in [1.82, 2.24) is 0 Å². The second kappa shape index (κ2) is 9.32. The molecule has 6 N–H and O–H groups in total. The monoisotopic (exact) mass is 362 g/mol. The summed E-state index contributed by atoms with van der Waals surface area (Å²) in [6, 6.07) is 0. The maximum absolute atomic E-state index is 9.80. The van der Waals surface area contributed by atoms with E-state index in [2.05, 4.69) is 0 Å². The highest BCUT2D eigenvalue weighted by molar-refractivity contribution is 9.21. The van der Waals surface area contributed by atoms with Crippen LogP contribution in [0.3, 0.4) is 0 Å². The highest BCUT2D eigenvalue weighted by Crippen LogP contribution is 2.30. The molecule has 0 aromatic rings. The average molecular weight is 362 g/mol. The van der Waals surface area contributed by atoms with Gasteiger partial charge in [-0.15, -0.1) is 0 Å². The SMILES string of the molecule is O=S(=O)(O)SSS(=O)(=O)O.OCC(CO)(CO)CO. The number of aliphatic hydroxyl groups excluding tert-OH is 4. The van der Waals surface area contributed by atoms with Gasteiger partial charge in [0.25, 0.3) is 0 Å². The molecule has 0 atom stereocenters. The topological polar surface area (TPSA) is 190 Å². The second-order valence-electron chi connectivity index (χ2n) is 3.12. The summed E-state index contributed by atoms with van der Waals surface area (Å²) in [6.07, 6.45) is 0. The summed E-state index contributed by atoms with van der Waals surface area (Å²) in [7, 11) is -9.54. The van der Waals surface area contributed by atoms with Crippen LogP contribution in [-0.4, -0.2) is 72.8 Å². The summed E-state index contributed by atoms with van der Waals surface area (Å²) in [4.78, 5) is 0.